The van der Waals surface area contributed by atoms with E-state index in [4.69, 9.17) is 0 Å². The number of hydrogen-bond donors (Lipinski definition) is 0. The van der Waals surface area contributed by atoms with Gasteiger partial charge < -0.3 is 4.79 Å². The molecule has 0 aromatic carbocycles. The van der Waals surface area contributed by atoms with Crippen LogP contribution < -0.4 is 0 Å². The van der Waals surface area contributed by atoms with Gasteiger partial charge in [0.1, 0.15) is 16.1 Å². The van der Waals surface area contributed by atoms with Crippen molar-refractivity contribution >= 4 is 16.1 Å². The predicted molar refractivity (Wildman–Crippen MR) is 49.0 cm³/mol. The van der Waals surface area contributed by atoms with Crippen LogP contribution >= 0.6 is 0 Å². The van der Waals surface area contributed by atoms with Crippen LogP contribution in [0.4, 0.5) is 0 Å². The number of sulfone groups is 1. The normalized spacial score (nSPS) is 38.5. The lowest BCUT2D eigenvalue weighted by Gasteiger charge is -2.21. The molecule has 0 aromatic rings. The van der Waals surface area contributed by atoms with Crippen molar-refractivity contribution in [2.45, 2.75) is 19.3 Å². The second-order valence-electron chi connectivity index (χ2n) is 4.19. The monoisotopic (exact) mass is 202 g/mol. The topological polar surface area (TPSA) is 51.2 Å². The van der Waals surface area contributed by atoms with E-state index in [0.29, 0.717) is 23.3 Å². The fourth-order valence-corrected chi connectivity index (χ4v) is 3.80. The summed E-state index contributed by atoms with van der Waals surface area (Å²) in [6.07, 6.45) is 3.57. The molecule has 0 bridgehead atoms. The Hall–Kier alpha value is -0.380. The van der Waals surface area contributed by atoms with Crippen LogP contribution in [-0.2, 0) is 14.6 Å². The van der Waals surface area contributed by atoms with E-state index < -0.39 is 9.84 Å². The Morgan fingerprint density at radius 1 is 1.15 bits per heavy atom. The Kier molecular flexibility index (Phi) is 2.18. The molecule has 2 atom stereocenters. The maximum Gasteiger partial charge on any atom is 0.150 e. The fraction of sp³-hybridized carbons (Fsp3) is 0.889. The molecule has 2 fully saturated rings. The standard InChI is InChI=1S/C9H14O3S/c10-6-8-5-9(8)7-1-3-13(11,12)4-2-7/h6-9H,1-5H2/t8-,9+/m0/s1. The first-order chi connectivity index (χ1) is 6.12. The van der Waals surface area contributed by atoms with Crippen LogP contribution in [0.25, 0.3) is 0 Å². The third-order valence-corrected chi connectivity index (χ3v) is 4.99. The van der Waals surface area contributed by atoms with Gasteiger partial charge in [0.25, 0.3) is 0 Å². The van der Waals surface area contributed by atoms with Crippen molar-refractivity contribution in [1.82, 2.24) is 0 Å². The Bertz CT molecular complexity index is 293. The molecule has 74 valence electrons. The minimum atomic E-state index is -2.73. The molecule has 0 N–H and O–H groups in total. The second-order valence-corrected chi connectivity index (χ2v) is 6.49. The van der Waals surface area contributed by atoms with Crippen LogP contribution in [0.15, 0.2) is 0 Å². The van der Waals surface area contributed by atoms with Gasteiger partial charge in [-0.15, -0.1) is 0 Å². The van der Waals surface area contributed by atoms with E-state index >= 15 is 0 Å². The largest absolute Gasteiger partial charge is 0.303 e. The van der Waals surface area contributed by atoms with E-state index in [0.717, 1.165) is 25.5 Å². The summed E-state index contributed by atoms with van der Waals surface area (Å²) in [7, 11) is -2.73. The first-order valence-corrected chi connectivity index (χ1v) is 6.60. The zero-order valence-corrected chi connectivity index (χ0v) is 8.29. The molecule has 1 heterocycles. The molecule has 1 aliphatic heterocycles. The van der Waals surface area contributed by atoms with E-state index in [2.05, 4.69) is 0 Å². The smallest absolute Gasteiger partial charge is 0.150 e. The molecular formula is C9H14O3S. The lowest BCUT2D eigenvalue weighted by atomic mass is 9.96. The van der Waals surface area contributed by atoms with Gasteiger partial charge in [-0.3, -0.25) is 0 Å². The molecule has 0 amide bonds. The van der Waals surface area contributed by atoms with Gasteiger partial charge in [-0.2, -0.15) is 0 Å². The lowest BCUT2D eigenvalue weighted by molar-refractivity contribution is -0.109. The van der Waals surface area contributed by atoms with Gasteiger partial charge in [-0.25, -0.2) is 8.42 Å². The minimum Gasteiger partial charge on any atom is -0.303 e. The third kappa shape index (κ3) is 1.93. The van der Waals surface area contributed by atoms with Crippen LogP contribution in [0, 0.1) is 17.8 Å². The van der Waals surface area contributed by atoms with Crippen LogP contribution in [-0.4, -0.2) is 26.2 Å². The SMILES string of the molecule is O=C[C@@H]1C[C@@H]1C1CCS(=O)(=O)CC1. The molecule has 3 nitrogen and oxygen atoms in total. The molecule has 0 aromatic heterocycles. The number of hydrogen-bond acceptors (Lipinski definition) is 3. The minimum absolute atomic E-state index is 0.241. The van der Waals surface area contributed by atoms with Crippen molar-refractivity contribution in [3.05, 3.63) is 0 Å². The van der Waals surface area contributed by atoms with E-state index in [1.165, 1.54) is 0 Å². The van der Waals surface area contributed by atoms with Crippen LogP contribution in [0.1, 0.15) is 19.3 Å². The quantitative estimate of drug-likeness (QED) is 0.618. The van der Waals surface area contributed by atoms with Crippen LogP contribution in [0.5, 0.6) is 0 Å². The molecule has 1 aliphatic carbocycles. The average Bonchev–Trinajstić information content (AvgIpc) is 2.83. The fourth-order valence-electron chi connectivity index (χ4n) is 2.27. The third-order valence-electron chi connectivity index (χ3n) is 3.27. The molecule has 0 unspecified atom stereocenters. The van der Waals surface area contributed by atoms with Crippen molar-refractivity contribution in [2.24, 2.45) is 17.8 Å². The maximum absolute atomic E-state index is 11.1. The molecule has 2 rings (SSSR count). The average molecular weight is 202 g/mol. The van der Waals surface area contributed by atoms with E-state index in [1.54, 1.807) is 0 Å². The molecule has 13 heavy (non-hydrogen) atoms. The molecule has 1 saturated heterocycles. The van der Waals surface area contributed by atoms with E-state index in [-0.39, 0.29) is 5.92 Å². The Labute approximate surface area is 78.4 Å². The van der Waals surface area contributed by atoms with Gasteiger partial charge in [0.15, 0.2) is 0 Å². The van der Waals surface area contributed by atoms with Gasteiger partial charge in [-0.05, 0) is 31.1 Å². The molecule has 0 radical (unpaired) electrons. The van der Waals surface area contributed by atoms with Gasteiger partial charge in [0.05, 0.1) is 11.5 Å². The summed E-state index contributed by atoms with van der Waals surface area (Å²) >= 11 is 0. The molecule has 4 heteroatoms. The molecule has 0 spiro atoms. The van der Waals surface area contributed by atoms with Crippen LogP contribution in [0.2, 0.25) is 0 Å². The number of rotatable bonds is 2. The maximum atomic E-state index is 11.1. The van der Waals surface area contributed by atoms with Gasteiger partial charge >= 0.3 is 0 Å². The first kappa shape index (κ1) is 9.19. The molecule has 2 aliphatic rings. The first-order valence-electron chi connectivity index (χ1n) is 4.78. The highest BCUT2D eigenvalue weighted by Gasteiger charge is 2.44. The summed E-state index contributed by atoms with van der Waals surface area (Å²) in [5.74, 6) is 1.91. The Morgan fingerprint density at radius 3 is 2.23 bits per heavy atom. The molecule has 1 saturated carbocycles. The summed E-state index contributed by atoms with van der Waals surface area (Å²) in [5.41, 5.74) is 0. The molecular weight excluding hydrogens is 188 g/mol. The van der Waals surface area contributed by atoms with E-state index in [9.17, 15) is 13.2 Å². The summed E-state index contributed by atoms with van der Waals surface area (Å²) in [6, 6.07) is 0. The number of carbonyl (C=O) groups is 1. The van der Waals surface area contributed by atoms with Crippen molar-refractivity contribution in [3.8, 4) is 0 Å². The lowest BCUT2D eigenvalue weighted by Crippen LogP contribution is -2.24. The van der Waals surface area contributed by atoms with Crippen molar-refractivity contribution in [3.63, 3.8) is 0 Å². The van der Waals surface area contributed by atoms with E-state index in [1.807, 2.05) is 0 Å². The summed E-state index contributed by atoms with van der Waals surface area (Å²) in [4.78, 5) is 10.4. The predicted octanol–water partition coefficient (Wildman–Crippen LogP) is 0.646. The van der Waals surface area contributed by atoms with Gasteiger partial charge in [0, 0.05) is 5.92 Å². The summed E-state index contributed by atoms with van der Waals surface area (Å²) in [5, 5.41) is 0. The zero-order chi connectivity index (χ0) is 9.47. The van der Waals surface area contributed by atoms with Gasteiger partial charge in [0.2, 0.25) is 0 Å². The van der Waals surface area contributed by atoms with Crippen LogP contribution in [0.3, 0.4) is 0 Å². The number of carbonyl (C=O) groups excluding carboxylic acids is 1. The van der Waals surface area contributed by atoms with Gasteiger partial charge in [-0.1, -0.05) is 0 Å². The van der Waals surface area contributed by atoms with Crippen molar-refractivity contribution in [1.29, 1.82) is 0 Å². The highest BCUT2D eigenvalue weighted by Crippen LogP contribution is 2.46. The highest BCUT2D eigenvalue weighted by molar-refractivity contribution is 7.91. The van der Waals surface area contributed by atoms with Crippen molar-refractivity contribution < 1.29 is 13.2 Å². The Balaban J connectivity index is 1.89. The second kappa shape index (κ2) is 3.08. The Morgan fingerprint density at radius 2 is 1.77 bits per heavy atom. The summed E-state index contributed by atoms with van der Waals surface area (Å²) in [6.45, 7) is 0. The zero-order valence-electron chi connectivity index (χ0n) is 7.48. The number of aldehydes is 1. The van der Waals surface area contributed by atoms with Crippen molar-refractivity contribution in [2.75, 3.05) is 11.5 Å². The highest BCUT2D eigenvalue weighted by atomic mass is 32.2. The summed E-state index contributed by atoms with van der Waals surface area (Å²) < 4.78 is 22.2.